The molecule has 4 fully saturated rings. The van der Waals surface area contributed by atoms with Crippen molar-refractivity contribution >= 4 is 0 Å². The van der Waals surface area contributed by atoms with E-state index in [0.29, 0.717) is 0 Å². The predicted octanol–water partition coefficient (Wildman–Crippen LogP) is 5.67. The van der Waals surface area contributed by atoms with E-state index in [1.165, 1.54) is 18.8 Å². The molecule has 0 heteroatoms. The van der Waals surface area contributed by atoms with Crippen LogP contribution in [0.4, 0.5) is 0 Å². The molecule has 0 amide bonds. The van der Waals surface area contributed by atoms with Crippen molar-refractivity contribution in [2.45, 2.75) is 77.6 Å². The summed E-state index contributed by atoms with van der Waals surface area (Å²) in [6.07, 6.45) is 17.4. The van der Waals surface area contributed by atoms with Gasteiger partial charge in [0.15, 0.2) is 0 Å². The number of hydrogen-bond acceptors (Lipinski definition) is 0. The molecule has 4 aliphatic rings. The summed E-state index contributed by atoms with van der Waals surface area (Å²) in [7, 11) is 0. The maximum absolute atomic E-state index is 2.37. The molecule has 0 aromatic heterocycles. The molecule has 0 saturated heterocycles. The van der Waals surface area contributed by atoms with E-state index < -0.39 is 0 Å². The van der Waals surface area contributed by atoms with Gasteiger partial charge in [-0.1, -0.05) is 32.6 Å². The van der Waals surface area contributed by atoms with Gasteiger partial charge in [-0.2, -0.15) is 0 Å². The molecule has 19 heavy (non-hydrogen) atoms. The van der Waals surface area contributed by atoms with E-state index in [1.54, 1.807) is 57.8 Å². The van der Waals surface area contributed by atoms with Gasteiger partial charge in [0.25, 0.3) is 0 Å². The smallest absolute Gasteiger partial charge is 0.0380 e. The van der Waals surface area contributed by atoms with Crippen molar-refractivity contribution in [2.24, 2.45) is 41.4 Å². The summed E-state index contributed by atoms with van der Waals surface area (Å²) in [6, 6.07) is 0. The quantitative estimate of drug-likeness (QED) is 0.611. The average molecular weight is 260 g/mol. The first-order chi connectivity index (χ1) is 9.31. The topological polar surface area (TPSA) is 0 Å². The first-order valence-corrected chi connectivity index (χ1v) is 9.31. The lowest BCUT2D eigenvalue weighted by molar-refractivity contribution is 0.157. The highest BCUT2D eigenvalue weighted by Crippen LogP contribution is 2.56. The zero-order valence-corrected chi connectivity index (χ0v) is 12.8. The van der Waals surface area contributed by atoms with Crippen LogP contribution >= 0.6 is 0 Å². The van der Waals surface area contributed by atoms with Crippen LogP contribution in [0.5, 0.6) is 0 Å². The molecule has 0 bridgehead atoms. The molecule has 4 saturated carbocycles. The average Bonchev–Trinajstić information content (AvgIpc) is 2.96. The van der Waals surface area contributed by atoms with Crippen LogP contribution in [0.2, 0.25) is 0 Å². The second kappa shape index (κ2) is 5.08. The molecule has 0 N–H and O–H groups in total. The molecular formula is C19H32. The summed E-state index contributed by atoms with van der Waals surface area (Å²) < 4.78 is 0. The highest BCUT2D eigenvalue weighted by Gasteiger charge is 2.46. The van der Waals surface area contributed by atoms with E-state index in [-0.39, 0.29) is 0 Å². The molecule has 0 heterocycles. The summed E-state index contributed by atoms with van der Waals surface area (Å²) in [6.45, 7) is 2.37. The Hall–Kier alpha value is 0. The van der Waals surface area contributed by atoms with Crippen LogP contribution in [0.1, 0.15) is 77.6 Å². The third kappa shape index (κ3) is 2.61. The zero-order valence-electron chi connectivity index (χ0n) is 12.8. The number of rotatable bonds is 4. The Bertz CT molecular complexity index is 294. The van der Waals surface area contributed by atoms with Gasteiger partial charge in [-0.15, -0.1) is 0 Å². The standard InChI is InChI=1S/C19H32/c1-2-3-14-7-16-11-18-9-15(6-13-4-5-13)10-19(18)12-17(16)8-14/h13-19H,2-12H2,1H3. The lowest BCUT2D eigenvalue weighted by Gasteiger charge is -2.34. The van der Waals surface area contributed by atoms with E-state index in [9.17, 15) is 0 Å². The maximum atomic E-state index is 2.37. The molecule has 0 aromatic carbocycles. The monoisotopic (exact) mass is 260 g/mol. The van der Waals surface area contributed by atoms with Crippen molar-refractivity contribution < 1.29 is 0 Å². The van der Waals surface area contributed by atoms with E-state index in [0.717, 1.165) is 35.5 Å². The molecular weight excluding hydrogens is 228 g/mol. The predicted molar refractivity (Wildman–Crippen MR) is 80.9 cm³/mol. The highest BCUT2D eigenvalue weighted by atomic mass is 14.5. The Morgan fingerprint density at radius 2 is 1.16 bits per heavy atom. The van der Waals surface area contributed by atoms with E-state index in [2.05, 4.69) is 6.92 Å². The van der Waals surface area contributed by atoms with Crippen LogP contribution in [0, 0.1) is 41.4 Å². The van der Waals surface area contributed by atoms with Gasteiger partial charge in [0.05, 0.1) is 0 Å². The second-order valence-corrected chi connectivity index (χ2v) is 8.65. The minimum atomic E-state index is 1.11. The first kappa shape index (κ1) is 12.7. The maximum Gasteiger partial charge on any atom is -0.0380 e. The zero-order chi connectivity index (χ0) is 12.8. The fraction of sp³-hybridized carbons (Fsp3) is 1.00. The van der Waals surface area contributed by atoms with Crippen LogP contribution in [0.3, 0.4) is 0 Å². The van der Waals surface area contributed by atoms with Crippen LogP contribution in [-0.4, -0.2) is 0 Å². The third-order valence-electron chi connectivity index (χ3n) is 7.15. The van der Waals surface area contributed by atoms with Crippen LogP contribution in [0.15, 0.2) is 0 Å². The minimum Gasteiger partial charge on any atom is -0.0654 e. The summed E-state index contributed by atoms with van der Waals surface area (Å²) in [5.41, 5.74) is 0. The van der Waals surface area contributed by atoms with Crippen molar-refractivity contribution in [3.63, 3.8) is 0 Å². The van der Waals surface area contributed by atoms with Crippen molar-refractivity contribution in [1.82, 2.24) is 0 Å². The second-order valence-electron chi connectivity index (χ2n) is 8.65. The summed E-state index contributed by atoms with van der Waals surface area (Å²) in [5.74, 6) is 8.04. The highest BCUT2D eigenvalue weighted by molar-refractivity contribution is 4.97. The molecule has 108 valence electrons. The van der Waals surface area contributed by atoms with Gasteiger partial charge in [-0.05, 0) is 86.4 Å². The van der Waals surface area contributed by atoms with E-state index in [4.69, 9.17) is 0 Å². The Kier molecular flexibility index (Phi) is 3.40. The molecule has 4 aliphatic carbocycles. The minimum absolute atomic E-state index is 1.11. The largest absolute Gasteiger partial charge is 0.0654 e. The number of hydrogen-bond donors (Lipinski definition) is 0. The fourth-order valence-corrected chi connectivity index (χ4v) is 6.27. The van der Waals surface area contributed by atoms with Gasteiger partial charge in [0.1, 0.15) is 0 Å². The van der Waals surface area contributed by atoms with Gasteiger partial charge in [-0.3, -0.25) is 0 Å². The van der Waals surface area contributed by atoms with E-state index >= 15 is 0 Å². The van der Waals surface area contributed by atoms with Gasteiger partial charge in [0, 0.05) is 0 Å². The third-order valence-corrected chi connectivity index (χ3v) is 7.15. The molecule has 4 rings (SSSR count). The van der Waals surface area contributed by atoms with Crippen LogP contribution in [0.25, 0.3) is 0 Å². The van der Waals surface area contributed by atoms with Crippen LogP contribution in [-0.2, 0) is 0 Å². The van der Waals surface area contributed by atoms with Crippen molar-refractivity contribution in [3.05, 3.63) is 0 Å². The van der Waals surface area contributed by atoms with Gasteiger partial charge in [-0.25, -0.2) is 0 Å². The summed E-state index contributed by atoms with van der Waals surface area (Å²) >= 11 is 0. The summed E-state index contributed by atoms with van der Waals surface area (Å²) in [5, 5.41) is 0. The first-order valence-electron chi connectivity index (χ1n) is 9.31. The Morgan fingerprint density at radius 3 is 1.63 bits per heavy atom. The Balaban J connectivity index is 1.34. The van der Waals surface area contributed by atoms with Gasteiger partial charge in [0.2, 0.25) is 0 Å². The van der Waals surface area contributed by atoms with Crippen molar-refractivity contribution in [2.75, 3.05) is 0 Å². The number of fused-ring (bicyclic) bond motifs is 2. The van der Waals surface area contributed by atoms with Gasteiger partial charge < -0.3 is 0 Å². The molecule has 0 nitrogen and oxygen atoms in total. The van der Waals surface area contributed by atoms with Gasteiger partial charge >= 0.3 is 0 Å². The molecule has 0 aliphatic heterocycles. The lowest BCUT2D eigenvalue weighted by Crippen LogP contribution is -2.25. The summed E-state index contributed by atoms with van der Waals surface area (Å²) in [4.78, 5) is 0. The molecule has 0 radical (unpaired) electrons. The van der Waals surface area contributed by atoms with Crippen molar-refractivity contribution in [1.29, 1.82) is 0 Å². The van der Waals surface area contributed by atoms with Crippen molar-refractivity contribution in [3.8, 4) is 0 Å². The molecule has 4 atom stereocenters. The fourth-order valence-electron chi connectivity index (χ4n) is 6.27. The van der Waals surface area contributed by atoms with E-state index in [1.807, 2.05) is 0 Å². The molecule has 0 aromatic rings. The molecule has 0 spiro atoms. The molecule has 4 unspecified atom stereocenters. The van der Waals surface area contributed by atoms with Crippen LogP contribution < -0.4 is 0 Å². The Labute approximate surface area is 119 Å². The normalized spacial score (nSPS) is 49.1. The lowest BCUT2D eigenvalue weighted by atomic mass is 9.71. The Morgan fingerprint density at radius 1 is 0.632 bits per heavy atom. The SMILES string of the molecule is CCCC1CC2CC3CC(CC4CC4)CC3CC2C1.